The Hall–Kier alpha value is -0.420. The lowest BCUT2D eigenvalue weighted by atomic mass is 10.2. The zero-order valence-corrected chi connectivity index (χ0v) is 8.44. The van der Waals surface area contributed by atoms with Gasteiger partial charge in [0.1, 0.15) is 15.6 Å². The number of likely N-dealkylation sites (N-methyl/N-ethyl adjacent to an activating group) is 1. The molecule has 5 heteroatoms. The van der Waals surface area contributed by atoms with Crippen LogP contribution in [0.2, 0.25) is 0 Å². The molecule has 0 radical (unpaired) electrons. The monoisotopic (exact) mass is 193 g/mol. The van der Waals surface area contributed by atoms with Crippen LogP contribution in [-0.4, -0.2) is 39.3 Å². The van der Waals surface area contributed by atoms with Crippen molar-refractivity contribution in [1.82, 2.24) is 5.32 Å². The van der Waals surface area contributed by atoms with Gasteiger partial charge in [-0.05, 0) is 14.0 Å². The molecule has 0 bridgehead atoms. The number of sulfone groups is 1. The summed E-state index contributed by atoms with van der Waals surface area (Å²) in [7, 11) is -1.34. The van der Waals surface area contributed by atoms with Crippen LogP contribution in [0.4, 0.5) is 0 Å². The zero-order chi connectivity index (χ0) is 9.78. The molecule has 4 nitrogen and oxygen atoms in total. The number of carbonyl (C=O) groups excluding carboxylic acids is 1. The molecule has 0 rings (SSSR count). The van der Waals surface area contributed by atoms with Crippen LogP contribution in [0, 0.1) is 0 Å². The molecule has 0 spiro atoms. The minimum atomic E-state index is -3.01. The Labute approximate surface area is 73.3 Å². The second-order valence-electron chi connectivity index (χ2n) is 2.86. The van der Waals surface area contributed by atoms with Crippen LogP contribution in [-0.2, 0) is 14.6 Å². The lowest BCUT2D eigenvalue weighted by Gasteiger charge is -2.07. The van der Waals surface area contributed by atoms with Crippen molar-refractivity contribution in [3.63, 3.8) is 0 Å². The second-order valence-corrected chi connectivity index (χ2v) is 5.12. The molecule has 12 heavy (non-hydrogen) atoms. The van der Waals surface area contributed by atoms with E-state index in [0.29, 0.717) is 0 Å². The molecule has 0 aromatic heterocycles. The highest BCUT2D eigenvalue weighted by molar-refractivity contribution is 7.90. The molecule has 0 aromatic rings. The summed E-state index contributed by atoms with van der Waals surface area (Å²) in [6, 6.07) is -0.258. The lowest BCUT2D eigenvalue weighted by molar-refractivity contribution is -0.120. The molecule has 0 aliphatic carbocycles. The minimum absolute atomic E-state index is 0.0577. The van der Waals surface area contributed by atoms with Gasteiger partial charge in [-0.2, -0.15) is 0 Å². The van der Waals surface area contributed by atoms with Gasteiger partial charge in [0.15, 0.2) is 0 Å². The molecule has 0 saturated heterocycles. The Morgan fingerprint density at radius 2 is 2.00 bits per heavy atom. The molecule has 0 heterocycles. The quantitative estimate of drug-likeness (QED) is 0.645. The largest absolute Gasteiger partial charge is 0.311 e. The van der Waals surface area contributed by atoms with E-state index >= 15 is 0 Å². The predicted octanol–water partition coefficient (Wildman–Crippen LogP) is -0.402. The topological polar surface area (TPSA) is 63.2 Å². The van der Waals surface area contributed by atoms with Crippen LogP contribution in [0.5, 0.6) is 0 Å². The molecular formula is C7H15NO3S. The Balaban J connectivity index is 3.88. The lowest BCUT2D eigenvalue weighted by Crippen LogP contribution is -2.31. The highest BCUT2D eigenvalue weighted by atomic mass is 32.2. The maximum absolute atomic E-state index is 11.1. The number of hydrogen-bond donors (Lipinski definition) is 1. The fourth-order valence-corrected chi connectivity index (χ4v) is 1.24. The first kappa shape index (κ1) is 11.6. The van der Waals surface area contributed by atoms with Crippen LogP contribution in [0.15, 0.2) is 0 Å². The van der Waals surface area contributed by atoms with Crippen LogP contribution < -0.4 is 5.32 Å². The number of carbonyl (C=O) groups is 1. The van der Waals surface area contributed by atoms with E-state index < -0.39 is 9.84 Å². The molecule has 1 unspecified atom stereocenters. The summed E-state index contributed by atoms with van der Waals surface area (Å²) in [5.41, 5.74) is 0. The smallest absolute Gasteiger partial charge is 0.150 e. The number of rotatable bonds is 5. The Bertz CT molecular complexity index is 245. The number of Topliss-reactive ketones (excluding diaryl/α,β-unsaturated/α-hetero) is 1. The van der Waals surface area contributed by atoms with Gasteiger partial charge < -0.3 is 5.32 Å². The van der Waals surface area contributed by atoms with Crippen molar-refractivity contribution in [1.29, 1.82) is 0 Å². The summed E-state index contributed by atoms with van der Waals surface area (Å²) in [5, 5.41) is 2.76. The molecule has 1 atom stereocenters. The first-order valence-electron chi connectivity index (χ1n) is 3.74. The van der Waals surface area contributed by atoms with Crippen molar-refractivity contribution < 1.29 is 13.2 Å². The van der Waals surface area contributed by atoms with E-state index in [2.05, 4.69) is 5.32 Å². The standard InChI is InChI=1S/C7H15NO3S/c1-6(8-2)7(9)4-5-12(3,10)11/h6,8H,4-5H2,1-3H3. The fraction of sp³-hybridized carbons (Fsp3) is 0.857. The third-order valence-corrected chi connectivity index (χ3v) is 2.58. The van der Waals surface area contributed by atoms with Gasteiger partial charge in [0.2, 0.25) is 0 Å². The van der Waals surface area contributed by atoms with Gasteiger partial charge in [0.25, 0.3) is 0 Å². The van der Waals surface area contributed by atoms with Crippen LogP contribution >= 0.6 is 0 Å². The van der Waals surface area contributed by atoms with Crippen LogP contribution in [0.1, 0.15) is 13.3 Å². The van der Waals surface area contributed by atoms with Crippen molar-refractivity contribution in [3.8, 4) is 0 Å². The molecule has 72 valence electrons. The normalized spacial score (nSPS) is 14.2. The van der Waals surface area contributed by atoms with Gasteiger partial charge in [-0.3, -0.25) is 4.79 Å². The van der Waals surface area contributed by atoms with Gasteiger partial charge in [-0.1, -0.05) is 0 Å². The maximum atomic E-state index is 11.1. The molecule has 1 N–H and O–H groups in total. The number of ketones is 1. The maximum Gasteiger partial charge on any atom is 0.150 e. The summed E-state index contributed by atoms with van der Waals surface area (Å²) in [6.45, 7) is 1.71. The Morgan fingerprint density at radius 1 is 1.50 bits per heavy atom. The summed E-state index contributed by atoms with van der Waals surface area (Å²) in [5.74, 6) is -0.124. The predicted molar refractivity (Wildman–Crippen MR) is 47.9 cm³/mol. The van der Waals surface area contributed by atoms with E-state index in [1.54, 1.807) is 14.0 Å². The third kappa shape index (κ3) is 5.26. The molecule has 0 aliphatic rings. The van der Waals surface area contributed by atoms with E-state index in [4.69, 9.17) is 0 Å². The molecular weight excluding hydrogens is 178 g/mol. The average molecular weight is 193 g/mol. The van der Waals surface area contributed by atoms with Gasteiger partial charge in [0, 0.05) is 12.7 Å². The van der Waals surface area contributed by atoms with Crippen LogP contribution in [0.25, 0.3) is 0 Å². The van der Waals surface area contributed by atoms with Gasteiger partial charge in [-0.15, -0.1) is 0 Å². The van der Waals surface area contributed by atoms with Gasteiger partial charge >= 0.3 is 0 Å². The van der Waals surface area contributed by atoms with E-state index in [1.807, 2.05) is 0 Å². The summed E-state index contributed by atoms with van der Waals surface area (Å²) in [6.07, 6.45) is 1.23. The zero-order valence-electron chi connectivity index (χ0n) is 7.62. The first-order valence-corrected chi connectivity index (χ1v) is 5.80. The van der Waals surface area contributed by atoms with Crippen LogP contribution in [0.3, 0.4) is 0 Å². The van der Waals surface area contributed by atoms with E-state index in [1.165, 1.54) is 0 Å². The second kappa shape index (κ2) is 4.57. The fourth-order valence-electron chi connectivity index (χ4n) is 0.663. The first-order chi connectivity index (χ1) is 5.37. The SMILES string of the molecule is CNC(C)C(=O)CCS(C)(=O)=O. The van der Waals surface area contributed by atoms with E-state index in [-0.39, 0.29) is 24.0 Å². The van der Waals surface area contributed by atoms with Crippen molar-refractivity contribution in [3.05, 3.63) is 0 Å². The molecule has 0 aromatic carbocycles. The van der Waals surface area contributed by atoms with Gasteiger partial charge in [-0.25, -0.2) is 8.42 Å². The molecule has 0 fully saturated rings. The third-order valence-electron chi connectivity index (χ3n) is 1.64. The van der Waals surface area contributed by atoms with Crippen molar-refractivity contribution in [2.45, 2.75) is 19.4 Å². The van der Waals surface area contributed by atoms with Crippen molar-refractivity contribution in [2.24, 2.45) is 0 Å². The molecule has 0 aliphatic heterocycles. The van der Waals surface area contributed by atoms with Crippen molar-refractivity contribution >= 4 is 15.6 Å². The number of hydrogen-bond acceptors (Lipinski definition) is 4. The Kier molecular flexibility index (Phi) is 4.41. The highest BCUT2D eigenvalue weighted by Crippen LogP contribution is 1.94. The highest BCUT2D eigenvalue weighted by Gasteiger charge is 2.12. The van der Waals surface area contributed by atoms with Gasteiger partial charge in [0.05, 0.1) is 11.8 Å². The number of nitrogens with one attached hydrogen (secondary N) is 1. The summed E-state index contributed by atoms with van der Waals surface area (Å²) in [4.78, 5) is 11.1. The summed E-state index contributed by atoms with van der Waals surface area (Å²) >= 11 is 0. The minimum Gasteiger partial charge on any atom is -0.311 e. The molecule has 0 saturated carbocycles. The van der Waals surface area contributed by atoms with E-state index in [0.717, 1.165) is 6.26 Å². The Morgan fingerprint density at radius 3 is 2.33 bits per heavy atom. The molecule has 0 amide bonds. The average Bonchev–Trinajstić information content (AvgIpc) is 1.97. The summed E-state index contributed by atoms with van der Waals surface area (Å²) < 4.78 is 21.3. The van der Waals surface area contributed by atoms with E-state index in [9.17, 15) is 13.2 Å². The van der Waals surface area contributed by atoms with Crippen molar-refractivity contribution in [2.75, 3.05) is 19.1 Å².